The summed E-state index contributed by atoms with van der Waals surface area (Å²) in [6.07, 6.45) is 6.64. The van der Waals surface area contributed by atoms with Crippen LogP contribution >= 0.6 is 0 Å². The Labute approximate surface area is 115 Å². The van der Waals surface area contributed by atoms with Gasteiger partial charge in [-0.25, -0.2) is 13.2 Å². The second-order valence-electron chi connectivity index (χ2n) is 5.59. The van der Waals surface area contributed by atoms with E-state index in [0.29, 0.717) is 19.5 Å². The number of sulfonamides is 1. The summed E-state index contributed by atoms with van der Waals surface area (Å²) in [6.45, 7) is 1.19. The highest BCUT2D eigenvalue weighted by Crippen LogP contribution is 2.31. The molecule has 2 amide bonds. The molecule has 0 radical (unpaired) electrons. The number of carbonyl (C=O) groups excluding carboxylic acids is 1. The average Bonchev–Trinajstić information content (AvgIpc) is 2.46. The van der Waals surface area contributed by atoms with Gasteiger partial charge < -0.3 is 10.6 Å². The van der Waals surface area contributed by atoms with E-state index in [1.54, 1.807) is 9.21 Å². The third-order valence-corrected chi connectivity index (χ3v) is 5.55. The van der Waals surface area contributed by atoms with Gasteiger partial charge in [0.1, 0.15) is 0 Å². The molecule has 1 atom stereocenters. The van der Waals surface area contributed by atoms with Crippen LogP contribution in [0.4, 0.5) is 4.79 Å². The van der Waals surface area contributed by atoms with Crippen LogP contribution in [0.2, 0.25) is 0 Å². The van der Waals surface area contributed by atoms with Crippen LogP contribution < -0.4 is 5.73 Å². The summed E-state index contributed by atoms with van der Waals surface area (Å²) in [6, 6.07) is -0.222. The van der Waals surface area contributed by atoms with Crippen LogP contribution in [0.3, 0.4) is 0 Å². The minimum atomic E-state index is -3.18. The van der Waals surface area contributed by atoms with Crippen molar-refractivity contribution in [1.29, 1.82) is 0 Å². The smallest absolute Gasteiger partial charge is 0.314 e. The van der Waals surface area contributed by atoms with Crippen LogP contribution in [0.15, 0.2) is 0 Å². The first-order chi connectivity index (χ1) is 8.89. The molecular formula is C12H23N3O3S. The molecule has 0 aromatic rings. The molecule has 1 aliphatic carbocycles. The van der Waals surface area contributed by atoms with Crippen molar-refractivity contribution in [2.75, 3.05) is 19.3 Å². The zero-order valence-electron chi connectivity index (χ0n) is 11.4. The minimum Gasteiger partial charge on any atom is -0.351 e. The molecule has 2 aliphatic rings. The summed E-state index contributed by atoms with van der Waals surface area (Å²) in [4.78, 5) is 12.8. The first kappa shape index (κ1) is 14.6. The number of nitrogens with zero attached hydrogens (tertiary/aromatic N) is 2. The van der Waals surface area contributed by atoms with Crippen molar-refractivity contribution in [3.8, 4) is 0 Å². The van der Waals surface area contributed by atoms with Gasteiger partial charge in [0.05, 0.1) is 6.26 Å². The number of likely N-dealkylation sites (tertiary alicyclic amines) is 1. The zero-order valence-corrected chi connectivity index (χ0v) is 12.2. The Morgan fingerprint density at radius 2 is 1.68 bits per heavy atom. The Kier molecular flexibility index (Phi) is 4.35. The second kappa shape index (κ2) is 5.66. The van der Waals surface area contributed by atoms with Gasteiger partial charge in [0, 0.05) is 25.2 Å². The Balaban J connectivity index is 2.08. The fourth-order valence-corrected chi connectivity index (χ4v) is 4.54. The standard InChI is InChI=1S/C12H23N3O3S/c1-19(17,18)15(10-4-2-5-10)11-6-3-8-14(9-7-11)12(13)16/h10-11H,2-9H2,1H3,(H2,13,16). The number of rotatable bonds is 3. The molecule has 2 N–H and O–H groups in total. The third-order valence-electron chi connectivity index (χ3n) is 4.19. The maximum absolute atomic E-state index is 12.0. The molecule has 0 aromatic carbocycles. The van der Waals surface area contributed by atoms with E-state index < -0.39 is 16.1 Å². The summed E-state index contributed by atoms with van der Waals surface area (Å²) < 4.78 is 25.7. The summed E-state index contributed by atoms with van der Waals surface area (Å²) >= 11 is 0. The van der Waals surface area contributed by atoms with E-state index in [0.717, 1.165) is 32.1 Å². The lowest BCUT2D eigenvalue weighted by molar-refractivity contribution is 0.161. The summed E-state index contributed by atoms with van der Waals surface area (Å²) in [5.41, 5.74) is 5.30. The number of hydrogen-bond acceptors (Lipinski definition) is 3. The van der Waals surface area contributed by atoms with E-state index in [4.69, 9.17) is 5.73 Å². The van der Waals surface area contributed by atoms with Crippen molar-refractivity contribution in [3.63, 3.8) is 0 Å². The van der Waals surface area contributed by atoms with E-state index >= 15 is 0 Å². The first-order valence-electron chi connectivity index (χ1n) is 6.92. The van der Waals surface area contributed by atoms with Crippen LogP contribution in [0.5, 0.6) is 0 Å². The van der Waals surface area contributed by atoms with Gasteiger partial charge in [0.25, 0.3) is 0 Å². The van der Waals surface area contributed by atoms with Crippen molar-refractivity contribution >= 4 is 16.1 Å². The molecule has 1 saturated carbocycles. The van der Waals surface area contributed by atoms with Crippen molar-refractivity contribution in [2.45, 2.75) is 50.6 Å². The maximum Gasteiger partial charge on any atom is 0.314 e. The molecule has 1 saturated heterocycles. The van der Waals surface area contributed by atoms with Gasteiger partial charge in [-0.1, -0.05) is 6.42 Å². The molecule has 1 unspecified atom stereocenters. The monoisotopic (exact) mass is 289 g/mol. The largest absolute Gasteiger partial charge is 0.351 e. The number of carbonyl (C=O) groups is 1. The van der Waals surface area contributed by atoms with E-state index in [-0.39, 0.29) is 12.1 Å². The summed E-state index contributed by atoms with van der Waals surface area (Å²) in [5, 5.41) is 0. The molecule has 19 heavy (non-hydrogen) atoms. The Bertz CT molecular complexity index is 434. The lowest BCUT2D eigenvalue weighted by Crippen LogP contribution is -2.50. The van der Waals surface area contributed by atoms with Crippen LogP contribution in [-0.4, -0.2) is 55.1 Å². The predicted molar refractivity (Wildman–Crippen MR) is 73.1 cm³/mol. The van der Waals surface area contributed by atoms with Gasteiger partial charge in [0.2, 0.25) is 10.0 Å². The molecule has 0 bridgehead atoms. The third kappa shape index (κ3) is 3.39. The Morgan fingerprint density at radius 1 is 1.11 bits per heavy atom. The van der Waals surface area contributed by atoms with Gasteiger partial charge in [-0.3, -0.25) is 0 Å². The van der Waals surface area contributed by atoms with Crippen LogP contribution in [0, 0.1) is 0 Å². The normalized spacial score (nSPS) is 26.0. The average molecular weight is 289 g/mol. The molecule has 110 valence electrons. The number of amides is 2. The molecule has 2 rings (SSSR count). The maximum atomic E-state index is 12.0. The number of nitrogens with two attached hydrogens (primary N) is 1. The zero-order chi connectivity index (χ0) is 14.0. The predicted octanol–water partition coefficient (Wildman–Crippen LogP) is 0.734. The molecule has 1 aliphatic heterocycles. The molecule has 1 heterocycles. The number of hydrogen-bond donors (Lipinski definition) is 1. The molecule has 6 nitrogen and oxygen atoms in total. The highest BCUT2D eigenvalue weighted by molar-refractivity contribution is 7.88. The fraction of sp³-hybridized carbons (Fsp3) is 0.917. The van der Waals surface area contributed by atoms with Crippen molar-refractivity contribution in [3.05, 3.63) is 0 Å². The minimum absolute atomic E-state index is 0.0182. The molecule has 7 heteroatoms. The molecule has 0 spiro atoms. The lowest BCUT2D eigenvalue weighted by atomic mass is 9.91. The summed E-state index contributed by atoms with van der Waals surface area (Å²) in [7, 11) is -3.18. The van der Waals surface area contributed by atoms with Gasteiger partial charge in [-0.05, 0) is 32.1 Å². The van der Waals surface area contributed by atoms with Gasteiger partial charge in [-0.15, -0.1) is 0 Å². The van der Waals surface area contributed by atoms with Gasteiger partial charge in [0.15, 0.2) is 0 Å². The van der Waals surface area contributed by atoms with Crippen molar-refractivity contribution < 1.29 is 13.2 Å². The second-order valence-corrected chi connectivity index (χ2v) is 7.48. The Hall–Kier alpha value is -0.820. The van der Waals surface area contributed by atoms with E-state index in [1.165, 1.54) is 6.26 Å². The lowest BCUT2D eigenvalue weighted by Gasteiger charge is -2.40. The highest BCUT2D eigenvalue weighted by Gasteiger charge is 2.37. The quantitative estimate of drug-likeness (QED) is 0.831. The van der Waals surface area contributed by atoms with Crippen LogP contribution in [-0.2, 0) is 10.0 Å². The number of urea groups is 1. The SMILES string of the molecule is CS(=O)(=O)N(C1CCC1)C1CCCN(C(N)=O)CC1. The molecule has 2 fully saturated rings. The van der Waals surface area contributed by atoms with Crippen molar-refractivity contribution in [2.24, 2.45) is 5.73 Å². The van der Waals surface area contributed by atoms with Crippen LogP contribution in [0.25, 0.3) is 0 Å². The van der Waals surface area contributed by atoms with Crippen LogP contribution in [0.1, 0.15) is 38.5 Å². The summed E-state index contributed by atoms with van der Waals surface area (Å²) in [5.74, 6) is 0. The number of primary amides is 1. The van der Waals surface area contributed by atoms with E-state index in [1.807, 2.05) is 0 Å². The van der Waals surface area contributed by atoms with E-state index in [2.05, 4.69) is 0 Å². The highest BCUT2D eigenvalue weighted by atomic mass is 32.2. The first-order valence-corrected chi connectivity index (χ1v) is 8.77. The molecule has 0 aromatic heterocycles. The molecular weight excluding hydrogens is 266 g/mol. The fourth-order valence-electron chi connectivity index (χ4n) is 3.03. The van der Waals surface area contributed by atoms with Crippen molar-refractivity contribution in [1.82, 2.24) is 9.21 Å². The topological polar surface area (TPSA) is 83.7 Å². The van der Waals surface area contributed by atoms with Gasteiger partial charge in [-0.2, -0.15) is 4.31 Å². The Morgan fingerprint density at radius 3 is 2.16 bits per heavy atom. The van der Waals surface area contributed by atoms with E-state index in [9.17, 15) is 13.2 Å². The van der Waals surface area contributed by atoms with Gasteiger partial charge >= 0.3 is 6.03 Å².